The highest BCUT2D eigenvalue weighted by atomic mass is 35.5. The van der Waals surface area contributed by atoms with E-state index in [9.17, 15) is 0 Å². The highest BCUT2D eigenvalue weighted by molar-refractivity contribution is 6.31. The molecule has 0 aliphatic rings. The first kappa shape index (κ1) is 17.8. The molecule has 4 nitrogen and oxygen atoms in total. The molecule has 0 saturated heterocycles. The van der Waals surface area contributed by atoms with E-state index in [-0.39, 0.29) is 5.84 Å². The molecule has 118 valence electrons. The largest absolute Gasteiger partial charge is 0.409 e. The summed E-state index contributed by atoms with van der Waals surface area (Å²) in [4.78, 5) is 0. The minimum Gasteiger partial charge on any atom is -0.409 e. The van der Waals surface area contributed by atoms with Gasteiger partial charge in [0, 0.05) is 17.1 Å². The van der Waals surface area contributed by atoms with E-state index in [1.807, 2.05) is 12.1 Å². The van der Waals surface area contributed by atoms with Crippen LogP contribution >= 0.6 is 11.6 Å². The van der Waals surface area contributed by atoms with Crippen LogP contribution in [0.2, 0.25) is 5.02 Å². The molecule has 0 aliphatic heterocycles. The second kappa shape index (κ2) is 9.64. The average molecular weight is 312 g/mol. The first-order valence-corrected chi connectivity index (χ1v) is 7.97. The Kier molecular flexibility index (Phi) is 8.16. The lowest BCUT2D eigenvalue weighted by molar-refractivity contribution is 0.318. The van der Waals surface area contributed by atoms with E-state index in [1.54, 1.807) is 6.07 Å². The Morgan fingerprint density at radius 1 is 1.43 bits per heavy atom. The summed E-state index contributed by atoms with van der Waals surface area (Å²) in [6.07, 6.45) is 5.01. The molecule has 4 N–H and O–H groups in total. The number of amidine groups is 1. The normalized spacial score (nSPS) is 13.4. The molecule has 0 radical (unpaired) electrons. The Balaban J connectivity index is 2.52. The first-order valence-electron chi connectivity index (χ1n) is 7.59. The molecule has 0 amide bonds. The number of oxime groups is 1. The number of nitrogens with two attached hydrogens (primary N) is 1. The van der Waals surface area contributed by atoms with Crippen LogP contribution in [0.4, 0.5) is 0 Å². The molecule has 0 saturated carbocycles. The lowest BCUT2D eigenvalue weighted by atomic mass is 9.99. The molecule has 1 aromatic rings. The van der Waals surface area contributed by atoms with Crippen molar-refractivity contribution in [3.63, 3.8) is 0 Å². The highest BCUT2D eigenvalue weighted by Gasteiger charge is 2.08. The van der Waals surface area contributed by atoms with Gasteiger partial charge in [-0.05, 0) is 30.5 Å². The van der Waals surface area contributed by atoms with Crippen LogP contribution in [0.1, 0.15) is 50.7 Å². The number of nitrogens with zero attached hydrogens (tertiary/aromatic N) is 1. The molecule has 0 bridgehead atoms. The van der Waals surface area contributed by atoms with Crippen molar-refractivity contribution in [3.8, 4) is 0 Å². The molecule has 1 rings (SSSR count). The van der Waals surface area contributed by atoms with Crippen LogP contribution < -0.4 is 11.1 Å². The van der Waals surface area contributed by atoms with Crippen molar-refractivity contribution in [3.05, 3.63) is 34.3 Å². The summed E-state index contributed by atoms with van der Waals surface area (Å²) in [5.74, 6) is 0.794. The summed E-state index contributed by atoms with van der Waals surface area (Å²) in [6.45, 7) is 6.20. The summed E-state index contributed by atoms with van der Waals surface area (Å²) >= 11 is 6.23. The maximum Gasteiger partial charge on any atom is 0.170 e. The SMILES string of the molecule is CCCCC(CC)CNCc1ccc(/C(N)=N/O)cc1Cl. The molecular formula is C16H26ClN3O. The zero-order valence-electron chi connectivity index (χ0n) is 12.9. The number of hydrogen-bond acceptors (Lipinski definition) is 3. The third-order valence-corrected chi connectivity index (χ3v) is 4.10. The molecule has 1 unspecified atom stereocenters. The summed E-state index contributed by atoms with van der Waals surface area (Å²) in [7, 11) is 0. The third kappa shape index (κ3) is 5.94. The van der Waals surface area contributed by atoms with Gasteiger partial charge in [0.15, 0.2) is 5.84 Å². The first-order chi connectivity index (χ1) is 10.1. The highest BCUT2D eigenvalue weighted by Crippen LogP contribution is 2.18. The maximum atomic E-state index is 8.66. The molecule has 0 spiro atoms. The van der Waals surface area contributed by atoms with E-state index >= 15 is 0 Å². The van der Waals surface area contributed by atoms with Crippen LogP contribution in [0, 0.1) is 5.92 Å². The molecule has 1 aromatic carbocycles. The fraction of sp³-hybridized carbons (Fsp3) is 0.562. The fourth-order valence-corrected chi connectivity index (χ4v) is 2.51. The van der Waals surface area contributed by atoms with Gasteiger partial charge in [-0.25, -0.2) is 0 Å². The number of halogens is 1. The molecule has 5 heteroatoms. The molecule has 0 fully saturated rings. The molecule has 0 aromatic heterocycles. The van der Waals surface area contributed by atoms with Crippen molar-refractivity contribution in [2.24, 2.45) is 16.8 Å². The fourth-order valence-electron chi connectivity index (χ4n) is 2.26. The molecule has 21 heavy (non-hydrogen) atoms. The van der Waals surface area contributed by atoms with Crippen molar-refractivity contribution < 1.29 is 5.21 Å². The quantitative estimate of drug-likeness (QED) is 0.281. The van der Waals surface area contributed by atoms with Crippen LogP contribution in [-0.2, 0) is 6.54 Å². The monoisotopic (exact) mass is 311 g/mol. The molecular weight excluding hydrogens is 286 g/mol. The van der Waals surface area contributed by atoms with Crippen molar-refractivity contribution in [1.82, 2.24) is 5.32 Å². The van der Waals surface area contributed by atoms with Crippen molar-refractivity contribution in [1.29, 1.82) is 0 Å². The Bertz CT molecular complexity index is 463. The van der Waals surface area contributed by atoms with Gasteiger partial charge in [0.1, 0.15) is 0 Å². The van der Waals surface area contributed by atoms with E-state index in [0.29, 0.717) is 10.6 Å². The predicted octanol–water partition coefficient (Wildman–Crippen LogP) is 3.74. The minimum absolute atomic E-state index is 0.0713. The zero-order chi connectivity index (χ0) is 15.7. The van der Waals surface area contributed by atoms with E-state index in [2.05, 4.69) is 24.3 Å². The van der Waals surface area contributed by atoms with Gasteiger partial charge in [0.25, 0.3) is 0 Å². The smallest absolute Gasteiger partial charge is 0.170 e. The van der Waals surface area contributed by atoms with E-state index in [0.717, 1.165) is 24.6 Å². The van der Waals surface area contributed by atoms with Gasteiger partial charge in [-0.2, -0.15) is 0 Å². The van der Waals surface area contributed by atoms with E-state index in [4.69, 9.17) is 22.5 Å². The van der Waals surface area contributed by atoms with Crippen molar-refractivity contribution in [2.75, 3.05) is 6.54 Å². The average Bonchev–Trinajstić information content (AvgIpc) is 2.51. The van der Waals surface area contributed by atoms with Crippen LogP contribution in [0.3, 0.4) is 0 Å². The van der Waals surface area contributed by atoms with Crippen LogP contribution in [0.25, 0.3) is 0 Å². The molecule has 0 aliphatic carbocycles. The van der Waals surface area contributed by atoms with E-state index in [1.165, 1.54) is 25.7 Å². The van der Waals surface area contributed by atoms with Crippen molar-refractivity contribution in [2.45, 2.75) is 46.1 Å². The Hall–Kier alpha value is -1.26. The Labute approximate surface area is 132 Å². The van der Waals surface area contributed by atoms with Gasteiger partial charge in [-0.3, -0.25) is 0 Å². The number of nitrogens with one attached hydrogen (secondary N) is 1. The Morgan fingerprint density at radius 3 is 2.76 bits per heavy atom. The van der Waals surface area contributed by atoms with Crippen LogP contribution in [-0.4, -0.2) is 17.6 Å². The van der Waals surface area contributed by atoms with E-state index < -0.39 is 0 Å². The third-order valence-electron chi connectivity index (χ3n) is 3.75. The van der Waals surface area contributed by atoms with Gasteiger partial charge >= 0.3 is 0 Å². The number of unbranched alkanes of at least 4 members (excludes halogenated alkanes) is 1. The number of benzene rings is 1. The maximum absolute atomic E-state index is 8.66. The number of hydrogen-bond donors (Lipinski definition) is 3. The van der Waals surface area contributed by atoms with Crippen LogP contribution in [0.5, 0.6) is 0 Å². The standard InChI is InChI=1S/C16H26ClN3O/c1-3-5-6-12(4-2)10-19-11-14-8-7-13(9-15(14)17)16(18)20-21/h7-9,12,19,21H,3-6,10-11H2,1-2H3,(H2,18,20). The Morgan fingerprint density at radius 2 is 2.19 bits per heavy atom. The van der Waals surface area contributed by atoms with Gasteiger partial charge in [-0.1, -0.05) is 62.0 Å². The summed E-state index contributed by atoms with van der Waals surface area (Å²) in [5.41, 5.74) is 7.19. The summed E-state index contributed by atoms with van der Waals surface area (Å²) < 4.78 is 0. The van der Waals surface area contributed by atoms with Crippen LogP contribution in [0.15, 0.2) is 23.4 Å². The molecule has 1 atom stereocenters. The predicted molar refractivity (Wildman–Crippen MR) is 89.0 cm³/mol. The zero-order valence-corrected chi connectivity index (χ0v) is 13.7. The van der Waals surface area contributed by atoms with Gasteiger partial charge in [0.2, 0.25) is 0 Å². The topological polar surface area (TPSA) is 70.6 Å². The summed E-state index contributed by atoms with van der Waals surface area (Å²) in [5, 5.41) is 15.7. The number of rotatable bonds is 9. The van der Waals surface area contributed by atoms with Gasteiger partial charge in [-0.15, -0.1) is 0 Å². The summed E-state index contributed by atoms with van der Waals surface area (Å²) in [6, 6.07) is 5.45. The lowest BCUT2D eigenvalue weighted by Gasteiger charge is -2.16. The second-order valence-corrected chi connectivity index (χ2v) is 5.75. The minimum atomic E-state index is 0.0713. The molecule has 0 heterocycles. The lowest BCUT2D eigenvalue weighted by Crippen LogP contribution is -2.22. The van der Waals surface area contributed by atoms with Gasteiger partial charge < -0.3 is 16.3 Å². The van der Waals surface area contributed by atoms with Gasteiger partial charge in [0.05, 0.1) is 0 Å². The second-order valence-electron chi connectivity index (χ2n) is 5.34. The van der Waals surface area contributed by atoms with Crippen molar-refractivity contribution >= 4 is 17.4 Å².